The number of imide groups is 1. The van der Waals surface area contributed by atoms with Crippen LogP contribution in [0.5, 0.6) is 0 Å². The van der Waals surface area contributed by atoms with Crippen molar-refractivity contribution in [1.82, 2.24) is 10.6 Å². The highest BCUT2D eigenvalue weighted by Gasteiger charge is 2.45. The van der Waals surface area contributed by atoms with Gasteiger partial charge in [-0.05, 0) is 12.0 Å². The van der Waals surface area contributed by atoms with E-state index in [4.69, 9.17) is 6.85 Å². The van der Waals surface area contributed by atoms with Gasteiger partial charge in [-0.3, -0.25) is 10.1 Å². The highest BCUT2D eigenvalue weighted by molar-refractivity contribution is 6.07. The van der Waals surface area contributed by atoms with E-state index in [0.717, 1.165) is 0 Å². The van der Waals surface area contributed by atoms with Gasteiger partial charge in [-0.25, -0.2) is 4.79 Å². The van der Waals surface area contributed by atoms with Crippen LogP contribution in [-0.4, -0.2) is 11.9 Å². The maximum absolute atomic E-state index is 12.0. The number of nitrogens with one attached hydrogen (secondary N) is 2. The van der Waals surface area contributed by atoms with E-state index in [9.17, 15) is 9.59 Å². The maximum Gasteiger partial charge on any atom is 0.322 e. The van der Waals surface area contributed by atoms with Crippen LogP contribution in [0, 0.1) is 0 Å². The van der Waals surface area contributed by atoms with Crippen LogP contribution < -0.4 is 10.6 Å². The van der Waals surface area contributed by atoms with Crippen molar-refractivity contribution in [3.8, 4) is 0 Å². The molecule has 2 N–H and O–H groups in total. The third-order valence-corrected chi connectivity index (χ3v) is 2.40. The Labute approximate surface area is 94.7 Å². The first-order valence-corrected chi connectivity index (χ1v) is 4.47. The van der Waals surface area contributed by atoms with Crippen molar-refractivity contribution < 1.29 is 16.4 Å². The Balaban J connectivity index is 2.81. The monoisotopic (exact) mass is 209 g/mol. The molecular weight excluding hydrogens is 192 g/mol. The molecule has 1 unspecified atom stereocenters. The zero-order valence-corrected chi connectivity index (χ0v) is 8.02. The highest BCUT2D eigenvalue weighted by Crippen LogP contribution is 2.27. The summed E-state index contributed by atoms with van der Waals surface area (Å²) >= 11 is 0. The number of rotatable bonds is 2. The van der Waals surface area contributed by atoms with Gasteiger partial charge in [0.2, 0.25) is 0 Å². The molecule has 1 aliphatic heterocycles. The summed E-state index contributed by atoms with van der Waals surface area (Å²) in [5, 5.41) is 4.41. The van der Waals surface area contributed by atoms with Gasteiger partial charge in [-0.1, -0.05) is 37.1 Å². The van der Waals surface area contributed by atoms with Crippen LogP contribution in [0.25, 0.3) is 0 Å². The minimum Gasteiger partial charge on any atom is -0.319 e. The predicted molar refractivity (Wildman–Crippen MR) is 55.1 cm³/mol. The number of hydrogen-bond acceptors (Lipinski definition) is 2. The number of urea groups is 1. The summed E-state index contributed by atoms with van der Waals surface area (Å²) < 4.78 is 38.5. The Hall–Kier alpha value is -1.84. The van der Waals surface area contributed by atoms with Crippen molar-refractivity contribution in [1.29, 1.82) is 0 Å². The zero-order chi connectivity index (χ0) is 15.2. The Kier molecular flexibility index (Phi) is 1.20. The van der Waals surface area contributed by atoms with Gasteiger partial charge in [-0.15, -0.1) is 0 Å². The standard InChI is InChI=1S/C11H12N2O2/c1-2-11(8-6-4-3-5-7-8)9(14)12-10(15)13-11/h3-7H,2H2,1H3,(H2,12,13,14,15)/i3D,4D,5D,6D,7D. The summed E-state index contributed by atoms with van der Waals surface area (Å²) in [7, 11) is 0. The molecule has 78 valence electrons. The van der Waals surface area contributed by atoms with E-state index in [2.05, 4.69) is 5.32 Å². The fourth-order valence-electron chi connectivity index (χ4n) is 1.56. The number of hydrogen-bond donors (Lipinski definition) is 2. The van der Waals surface area contributed by atoms with Gasteiger partial charge in [0.05, 0.1) is 6.85 Å². The SMILES string of the molecule is [2H]c1c([2H])c([2H])c(C2(CC)NC(=O)NC2=O)c([2H])c1[2H]. The molecule has 0 aromatic heterocycles. The molecule has 0 saturated carbocycles. The van der Waals surface area contributed by atoms with E-state index in [-0.39, 0.29) is 12.0 Å². The molecule has 1 fully saturated rings. The highest BCUT2D eigenvalue weighted by atomic mass is 16.2. The molecule has 1 heterocycles. The van der Waals surface area contributed by atoms with Gasteiger partial charge in [0.25, 0.3) is 5.91 Å². The molecule has 4 heteroatoms. The lowest BCUT2D eigenvalue weighted by atomic mass is 9.87. The molecule has 4 nitrogen and oxygen atoms in total. The normalized spacial score (nSPS) is 29.5. The van der Waals surface area contributed by atoms with Crippen LogP contribution in [0.2, 0.25) is 0 Å². The van der Waals surface area contributed by atoms with Gasteiger partial charge in [0.1, 0.15) is 5.54 Å². The van der Waals surface area contributed by atoms with Crippen molar-refractivity contribution in [3.05, 3.63) is 35.8 Å². The number of carbonyl (C=O) groups excluding carboxylic acids is 2. The Morgan fingerprint density at radius 2 is 2.00 bits per heavy atom. The molecule has 1 aliphatic rings. The van der Waals surface area contributed by atoms with Gasteiger partial charge in [0.15, 0.2) is 0 Å². The largest absolute Gasteiger partial charge is 0.322 e. The van der Waals surface area contributed by atoms with Gasteiger partial charge < -0.3 is 5.32 Å². The quantitative estimate of drug-likeness (QED) is 0.717. The van der Waals surface area contributed by atoms with Gasteiger partial charge in [0, 0.05) is 0 Å². The molecule has 1 saturated heterocycles. The number of carbonyl (C=O) groups is 2. The average molecular weight is 209 g/mol. The van der Waals surface area contributed by atoms with E-state index >= 15 is 0 Å². The lowest BCUT2D eigenvalue weighted by Crippen LogP contribution is -2.43. The van der Waals surface area contributed by atoms with Gasteiger partial charge >= 0.3 is 6.03 Å². The van der Waals surface area contributed by atoms with E-state index in [1.54, 1.807) is 6.92 Å². The molecular formula is C11H12N2O2. The second-order valence-corrected chi connectivity index (χ2v) is 3.17. The van der Waals surface area contributed by atoms with E-state index in [1.165, 1.54) is 0 Å². The molecule has 0 bridgehead atoms. The molecule has 3 amide bonds. The molecule has 0 spiro atoms. The molecule has 0 aliphatic carbocycles. The van der Waals surface area contributed by atoms with Crippen LogP contribution in [0.1, 0.15) is 25.8 Å². The average Bonchev–Trinajstić information content (AvgIpc) is 2.70. The number of amides is 3. The maximum atomic E-state index is 12.0. The minimum atomic E-state index is -1.63. The second-order valence-electron chi connectivity index (χ2n) is 3.17. The van der Waals surface area contributed by atoms with Crippen LogP contribution in [-0.2, 0) is 10.3 Å². The van der Waals surface area contributed by atoms with Gasteiger partial charge in [-0.2, -0.15) is 0 Å². The molecule has 1 aromatic rings. The second kappa shape index (κ2) is 3.38. The summed E-state index contributed by atoms with van der Waals surface area (Å²) in [5.41, 5.74) is -1.85. The van der Waals surface area contributed by atoms with E-state index in [0.29, 0.717) is 0 Å². The van der Waals surface area contributed by atoms with E-state index in [1.807, 2.05) is 5.32 Å². The van der Waals surface area contributed by atoms with Crippen molar-refractivity contribution in [2.45, 2.75) is 18.9 Å². The van der Waals surface area contributed by atoms with Crippen LogP contribution >= 0.6 is 0 Å². The first-order valence-electron chi connectivity index (χ1n) is 6.97. The van der Waals surface area contributed by atoms with Crippen LogP contribution in [0.15, 0.2) is 30.2 Å². The predicted octanol–water partition coefficient (Wildman–Crippen LogP) is 1.13. The zero-order valence-electron chi connectivity index (χ0n) is 13.0. The Bertz CT molecular complexity index is 605. The third-order valence-electron chi connectivity index (χ3n) is 2.40. The van der Waals surface area contributed by atoms with E-state index < -0.39 is 47.7 Å². The molecule has 15 heavy (non-hydrogen) atoms. The molecule has 0 radical (unpaired) electrons. The smallest absolute Gasteiger partial charge is 0.319 e. The first kappa shape index (κ1) is 5.30. The van der Waals surface area contributed by atoms with Crippen molar-refractivity contribution in [2.24, 2.45) is 0 Å². The fourth-order valence-corrected chi connectivity index (χ4v) is 1.56. The van der Waals surface area contributed by atoms with Crippen molar-refractivity contribution >= 4 is 11.9 Å². The van der Waals surface area contributed by atoms with Crippen LogP contribution in [0.3, 0.4) is 0 Å². The lowest BCUT2D eigenvalue weighted by molar-refractivity contribution is -0.124. The van der Waals surface area contributed by atoms with Crippen LogP contribution in [0.4, 0.5) is 4.79 Å². The Morgan fingerprint density at radius 3 is 2.47 bits per heavy atom. The topological polar surface area (TPSA) is 58.2 Å². The molecule has 1 atom stereocenters. The summed E-state index contributed by atoms with van der Waals surface area (Å²) in [5.74, 6) is -0.719. The summed E-state index contributed by atoms with van der Waals surface area (Å²) in [6, 6.07) is -3.35. The van der Waals surface area contributed by atoms with Crippen molar-refractivity contribution in [3.63, 3.8) is 0 Å². The summed E-state index contributed by atoms with van der Waals surface area (Å²) in [6.07, 6.45) is 0.0680. The van der Waals surface area contributed by atoms with Crippen molar-refractivity contribution in [2.75, 3.05) is 0 Å². The third kappa shape index (κ3) is 1.38. The molecule has 1 aromatic carbocycles. The summed E-state index contributed by atoms with van der Waals surface area (Å²) in [6.45, 7) is 1.59. The summed E-state index contributed by atoms with van der Waals surface area (Å²) in [4.78, 5) is 23.4. The number of benzene rings is 1. The molecule has 2 rings (SSSR count). The first-order chi connectivity index (χ1) is 9.26. The minimum absolute atomic E-state index is 0.0680. The Morgan fingerprint density at radius 1 is 1.33 bits per heavy atom. The fraction of sp³-hybridized carbons (Fsp3) is 0.273. The lowest BCUT2D eigenvalue weighted by Gasteiger charge is -2.24.